The third-order valence-electron chi connectivity index (χ3n) is 3.18. The highest BCUT2D eigenvalue weighted by molar-refractivity contribution is 6.14. The molecule has 17 heavy (non-hydrogen) atoms. The Bertz CT molecular complexity index is 517. The molecule has 1 aromatic rings. The quantitative estimate of drug-likeness (QED) is 0.828. The fourth-order valence-electron chi connectivity index (χ4n) is 2.06. The van der Waals surface area contributed by atoms with Crippen LogP contribution in [0.25, 0.3) is 0 Å². The van der Waals surface area contributed by atoms with E-state index in [1.807, 2.05) is 6.92 Å². The summed E-state index contributed by atoms with van der Waals surface area (Å²) in [6, 6.07) is -0.582. The molecule has 0 aromatic carbocycles. The number of carbonyl (C=O) groups excluding carboxylic acids is 2. The highest BCUT2D eigenvalue weighted by Crippen LogP contribution is 2.27. The van der Waals surface area contributed by atoms with Crippen molar-refractivity contribution in [3.8, 4) is 0 Å². The van der Waals surface area contributed by atoms with Gasteiger partial charge in [-0.15, -0.1) is 0 Å². The average molecular weight is 236 g/mol. The number of amides is 2. The molecule has 0 saturated carbocycles. The number of hydrogen-bond donors (Lipinski definition) is 1. The number of hydrogen-bond acceptors (Lipinski definition) is 3. The Morgan fingerprint density at radius 2 is 1.76 bits per heavy atom. The minimum atomic E-state index is -1.20. The molecule has 0 fully saturated rings. The minimum absolute atomic E-state index is 0.284. The van der Waals surface area contributed by atoms with Crippen LogP contribution in [0.3, 0.4) is 0 Å². The van der Waals surface area contributed by atoms with Crippen molar-refractivity contribution in [3.05, 3.63) is 22.5 Å². The van der Waals surface area contributed by atoms with Gasteiger partial charge in [0.2, 0.25) is 0 Å². The molecule has 0 spiro atoms. The van der Waals surface area contributed by atoms with Gasteiger partial charge in [-0.2, -0.15) is 0 Å². The second kappa shape index (κ2) is 3.44. The number of nitrogens with zero attached hydrogens (tertiary/aromatic N) is 2. The smallest absolute Gasteiger partial charge is 0.336 e. The van der Waals surface area contributed by atoms with Crippen molar-refractivity contribution in [2.75, 3.05) is 6.54 Å². The van der Waals surface area contributed by atoms with Crippen molar-refractivity contribution in [2.24, 2.45) is 0 Å². The molecular formula is C11H12N2O4. The highest BCUT2D eigenvalue weighted by atomic mass is 16.4. The van der Waals surface area contributed by atoms with Gasteiger partial charge in [-0.1, -0.05) is 0 Å². The molecule has 0 saturated heterocycles. The molecule has 1 aliphatic rings. The van der Waals surface area contributed by atoms with E-state index in [0.29, 0.717) is 5.69 Å². The molecule has 0 unspecified atom stereocenters. The zero-order valence-corrected chi connectivity index (χ0v) is 9.77. The number of carbonyl (C=O) groups is 3. The molecule has 90 valence electrons. The first-order valence-corrected chi connectivity index (χ1v) is 5.12. The van der Waals surface area contributed by atoms with Crippen LogP contribution in [0, 0.1) is 20.8 Å². The van der Waals surface area contributed by atoms with Gasteiger partial charge in [0.05, 0.1) is 0 Å². The Hall–Kier alpha value is -2.11. The van der Waals surface area contributed by atoms with Gasteiger partial charge in [-0.25, -0.2) is 9.69 Å². The van der Waals surface area contributed by atoms with Crippen LogP contribution in [-0.2, 0) is 4.79 Å². The lowest BCUT2D eigenvalue weighted by Gasteiger charge is -2.10. The molecule has 2 rings (SSSR count). The van der Waals surface area contributed by atoms with E-state index >= 15 is 0 Å². The molecule has 1 aliphatic heterocycles. The van der Waals surface area contributed by atoms with E-state index in [9.17, 15) is 14.4 Å². The van der Waals surface area contributed by atoms with Gasteiger partial charge in [0.1, 0.15) is 12.2 Å². The number of rotatable bonds is 2. The first-order valence-electron chi connectivity index (χ1n) is 5.12. The van der Waals surface area contributed by atoms with Gasteiger partial charge in [0, 0.05) is 5.69 Å². The molecule has 0 radical (unpaired) electrons. The standard InChI is InChI=1S/C11H12N2O4/c1-5-6(2)9-10(16)12(4-8(14)15)11(17)13(9)7(5)3/h4H2,1-3H3,(H,14,15). The SMILES string of the molecule is Cc1c(C)c2n(c1C)C(=O)N(CC(=O)O)C2=O. The number of carboxylic acids is 1. The second-order valence-electron chi connectivity index (χ2n) is 4.09. The largest absolute Gasteiger partial charge is 0.480 e. The summed E-state index contributed by atoms with van der Waals surface area (Å²) in [6.07, 6.45) is 0. The van der Waals surface area contributed by atoms with Crippen LogP contribution < -0.4 is 0 Å². The van der Waals surface area contributed by atoms with E-state index in [-0.39, 0.29) is 5.69 Å². The maximum absolute atomic E-state index is 11.9. The fraction of sp³-hybridized carbons (Fsp3) is 0.364. The normalized spacial score (nSPS) is 14.4. The Morgan fingerprint density at radius 1 is 1.18 bits per heavy atom. The second-order valence-corrected chi connectivity index (χ2v) is 4.09. The van der Waals surface area contributed by atoms with Crippen LogP contribution in [0.15, 0.2) is 0 Å². The van der Waals surface area contributed by atoms with E-state index in [2.05, 4.69) is 0 Å². The molecule has 6 nitrogen and oxygen atoms in total. The van der Waals surface area contributed by atoms with Gasteiger partial charge in [0.15, 0.2) is 0 Å². The van der Waals surface area contributed by atoms with E-state index in [1.54, 1.807) is 13.8 Å². The van der Waals surface area contributed by atoms with Crippen molar-refractivity contribution in [3.63, 3.8) is 0 Å². The Kier molecular flexibility index (Phi) is 2.30. The number of aliphatic carboxylic acids is 1. The summed E-state index contributed by atoms with van der Waals surface area (Å²) >= 11 is 0. The zero-order chi connectivity index (χ0) is 12.9. The maximum atomic E-state index is 11.9. The number of carboxylic acid groups (broad SMARTS) is 1. The predicted octanol–water partition coefficient (Wildman–Crippen LogP) is 0.922. The van der Waals surface area contributed by atoms with Crippen LogP contribution in [0.4, 0.5) is 4.79 Å². The lowest BCUT2D eigenvalue weighted by atomic mass is 10.1. The molecule has 1 N–H and O–H groups in total. The lowest BCUT2D eigenvalue weighted by molar-refractivity contribution is -0.137. The molecule has 0 atom stereocenters. The van der Waals surface area contributed by atoms with E-state index in [4.69, 9.17) is 5.11 Å². The monoisotopic (exact) mass is 236 g/mol. The molecule has 2 amide bonds. The van der Waals surface area contributed by atoms with Crippen LogP contribution >= 0.6 is 0 Å². The van der Waals surface area contributed by atoms with E-state index in [1.165, 1.54) is 4.57 Å². The average Bonchev–Trinajstić information content (AvgIpc) is 2.61. The molecular weight excluding hydrogens is 224 g/mol. The Morgan fingerprint density at radius 3 is 2.24 bits per heavy atom. The summed E-state index contributed by atoms with van der Waals surface area (Å²) in [5.41, 5.74) is 2.58. The topological polar surface area (TPSA) is 79.6 Å². The summed E-state index contributed by atoms with van der Waals surface area (Å²) in [6.45, 7) is 4.72. The van der Waals surface area contributed by atoms with Crippen LogP contribution in [0.2, 0.25) is 0 Å². The lowest BCUT2D eigenvalue weighted by Crippen LogP contribution is -2.36. The molecule has 2 heterocycles. The molecule has 0 aliphatic carbocycles. The highest BCUT2D eigenvalue weighted by Gasteiger charge is 2.40. The van der Waals surface area contributed by atoms with Crippen molar-refractivity contribution in [2.45, 2.75) is 20.8 Å². The van der Waals surface area contributed by atoms with Crippen molar-refractivity contribution in [1.29, 1.82) is 0 Å². The first kappa shape index (κ1) is 11.4. The van der Waals surface area contributed by atoms with Crippen LogP contribution in [0.1, 0.15) is 27.3 Å². The summed E-state index contributed by atoms with van der Waals surface area (Å²) in [4.78, 5) is 35.2. The van der Waals surface area contributed by atoms with Gasteiger partial charge >= 0.3 is 12.0 Å². The van der Waals surface area contributed by atoms with E-state index < -0.39 is 24.5 Å². The van der Waals surface area contributed by atoms with Crippen molar-refractivity contribution < 1.29 is 19.5 Å². The van der Waals surface area contributed by atoms with Crippen LogP contribution in [-0.4, -0.2) is 39.0 Å². The number of fused-ring (bicyclic) bond motifs is 1. The van der Waals surface area contributed by atoms with Crippen molar-refractivity contribution >= 4 is 17.9 Å². The summed E-state index contributed by atoms with van der Waals surface area (Å²) in [7, 11) is 0. The van der Waals surface area contributed by atoms with Gasteiger partial charge in [0.25, 0.3) is 5.91 Å². The Balaban J connectivity index is 2.55. The van der Waals surface area contributed by atoms with Crippen molar-refractivity contribution in [1.82, 2.24) is 9.47 Å². The maximum Gasteiger partial charge on any atom is 0.336 e. The predicted molar refractivity (Wildman–Crippen MR) is 58.1 cm³/mol. The van der Waals surface area contributed by atoms with E-state index in [0.717, 1.165) is 16.0 Å². The zero-order valence-electron chi connectivity index (χ0n) is 9.77. The third kappa shape index (κ3) is 1.37. The first-order chi connectivity index (χ1) is 7.86. The summed E-state index contributed by atoms with van der Waals surface area (Å²) in [5, 5.41) is 8.66. The summed E-state index contributed by atoms with van der Waals surface area (Å²) < 4.78 is 1.29. The van der Waals surface area contributed by atoms with Gasteiger partial charge in [-0.05, 0) is 31.9 Å². The molecule has 0 bridgehead atoms. The van der Waals surface area contributed by atoms with Gasteiger partial charge in [-0.3, -0.25) is 14.2 Å². The van der Waals surface area contributed by atoms with Crippen LogP contribution in [0.5, 0.6) is 0 Å². The third-order valence-corrected chi connectivity index (χ3v) is 3.18. The number of imide groups is 1. The molecule has 1 aromatic heterocycles. The minimum Gasteiger partial charge on any atom is -0.480 e. The Labute approximate surface area is 97.4 Å². The fourth-order valence-corrected chi connectivity index (χ4v) is 2.06. The van der Waals surface area contributed by atoms with Gasteiger partial charge < -0.3 is 5.11 Å². The summed E-state index contributed by atoms with van der Waals surface area (Å²) in [5.74, 6) is -1.74. The molecule has 6 heteroatoms. The number of aromatic nitrogens is 1.